The van der Waals surface area contributed by atoms with Gasteiger partial charge in [-0.3, -0.25) is 0 Å². The predicted molar refractivity (Wildman–Crippen MR) is 92.5 cm³/mol. The number of aliphatic hydroxyl groups is 8. The SMILES string of the molecule is OC[C@H]1O[C@H](OCCc2cn([C@@H]3O[C@H](CO)[C@@H](O)[C@H](O)[C@H]3O)nn2)[C@@H](O)[C@@H](O)[C@@H]1O. The molecule has 172 valence electrons. The summed E-state index contributed by atoms with van der Waals surface area (Å²) in [5, 5.41) is 85.3. The summed E-state index contributed by atoms with van der Waals surface area (Å²) in [6.45, 7) is -1.18. The van der Waals surface area contributed by atoms with Crippen molar-refractivity contribution in [1.29, 1.82) is 0 Å². The zero-order chi connectivity index (χ0) is 22.0. The number of nitrogens with zero attached hydrogens (tertiary/aromatic N) is 3. The highest BCUT2D eigenvalue weighted by Gasteiger charge is 2.45. The van der Waals surface area contributed by atoms with E-state index in [1.807, 2.05) is 0 Å². The van der Waals surface area contributed by atoms with Gasteiger partial charge in [0.15, 0.2) is 12.5 Å². The summed E-state index contributed by atoms with van der Waals surface area (Å²) in [7, 11) is 0. The van der Waals surface area contributed by atoms with E-state index in [-0.39, 0.29) is 13.0 Å². The van der Waals surface area contributed by atoms with Crippen molar-refractivity contribution >= 4 is 0 Å². The van der Waals surface area contributed by atoms with Crippen LogP contribution in [-0.2, 0) is 20.6 Å². The van der Waals surface area contributed by atoms with Crippen LogP contribution in [0.4, 0.5) is 0 Å². The van der Waals surface area contributed by atoms with Crippen molar-refractivity contribution in [2.24, 2.45) is 0 Å². The third-order valence-electron chi connectivity index (χ3n) is 5.17. The minimum absolute atomic E-state index is 0.0317. The van der Waals surface area contributed by atoms with Gasteiger partial charge in [0, 0.05) is 6.42 Å². The summed E-state index contributed by atoms with van der Waals surface area (Å²) >= 11 is 0. The summed E-state index contributed by atoms with van der Waals surface area (Å²) in [6.07, 6.45) is -12.2. The van der Waals surface area contributed by atoms with Crippen LogP contribution < -0.4 is 0 Å². The van der Waals surface area contributed by atoms with Crippen molar-refractivity contribution in [3.63, 3.8) is 0 Å². The van der Waals surface area contributed by atoms with Crippen LogP contribution in [0.1, 0.15) is 11.9 Å². The Kier molecular flexibility index (Phi) is 7.70. The average Bonchev–Trinajstić information content (AvgIpc) is 3.21. The molecule has 0 bridgehead atoms. The molecule has 2 aliphatic heterocycles. The van der Waals surface area contributed by atoms with Gasteiger partial charge in [0.2, 0.25) is 0 Å². The second kappa shape index (κ2) is 9.88. The zero-order valence-electron chi connectivity index (χ0n) is 15.8. The summed E-state index contributed by atoms with van der Waals surface area (Å²) in [4.78, 5) is 0. The molecule has 3 heterocycles. The maximum atomic E-state index is 10.1. The van der Waals surface area contributed by atoms with Crippen molar-refractivity contribution in [3.05, 3.63) is 11.9 Å². The molecule has 1 aromatic rings. The summed E-state index contributed by atoms with van der Waals surface area (Å²) < 4.78 is 17.1. The molecule has 0 radical (unpaired) electrons. The Morgan fingerprint density at radius 2 is 1.43 bits per heavy atom. The smallest absolute Gasteiger partial charge is 0.186 e. The van der Waals surface area contributed by atoms with Crippen molar-refractivity contribution in [2.75, 3.05) is 19.8 Å². The Morgan fingerprint density at radius 1 is 0.833 bits per heavy atom. The number of ether oxygens (including phenoxy) is 3. The van der Waals surface area contributed by atoms with E-state index in [9.17, 15) is 40.9 Å². The van der Waals surface area contributed by atoms with Gasteiger partial charge in [0.1, 0.15) is 48.8 Å². The predicted octanol–water partition coefficient (Wildman–Crippen LogP) is -5.39. The quantitative estimate of drug-likeness (QED) is 0.200. The van der Waals surface area contributed by atoms with Gasteiger partial charge in [-0.05, 0) is 0 Å². The van der Waals surface area contributed by atoms with Gasteiger partial charge >= 0.3 is 0 Å². The third kappa shape index (κ3) is 4.63. The highest BCUT2D eigenvalue weighted by Crippen LogP contribution is 2.28. The maximum absolute atomic E-state index is 10.1. The molecule has 14 heteroatoms. The van der Waals surface area contributed by atoms with Gasteiger partial charge in [-0.25, -0.2) is 4.68 Å². The lowest BCUT2D eigenvalue weighted by molar-refractivity contribution is -0.300. The van der Waals surface area contributed by atoms with Crippen LogP contribution >= 0.6 is 0 Å². The Morgan fingerprint density at radius 3 is 2.07 bits per heavy atom. The van der Waals surface area contributed by atoms with Crippen LogP contribution in [0.2, 0.25) is 0 Å². The van der Waals surface area contributed by atoms with E-state index in [0.717, 1.165) is 4.68 Å². The van der Waals surface area contributed by atoms with Crippen LogP contribution in [0.3, 0.4) is 0 Å². The highest BCUT2D eigenvalue weighted by molar-refractivity contribution is 4.97. The second-order valence-electron chi connectivity index (χ2n) is 7.23. The van der Waals surface area contributed by atoms with Gasteiger partial charge in [-0.2, -0.15) is 0 Å². The zero-order valence-corrected chi connectivity index (χ0v) is 15.8. The largest absolute Gasteiger partial charge is 0.394 e. The third-order valence-corrected chi connectivity index (χ3v) is 5.17. The van der Waals surface area contributed by atoms with Crippen LogP contribution in [0.25, 0.3) is 0 Å². The fraction of sp³-hybridized carbons (Fsp3) is 0.875. The molecule has 1 aromatic heterocycles. The van der Waals surface area contributed by atoms with E-state index in [4.69, 9.17) is 14.2 Å². The lowest BCUT2D eigenvalue weighted by Crippen LogP contribution is -2.59. The first-order valence-electron chi connectivity index (χ1n) is 9.41. The molecule has 0 unspecified atom stereocenters. The number of hydrogen-bond donors (Lipinski definition) is 8. The molecule has 2 saturated heterocycles. The molecule has 8 N–H and O–H groups in total. The van der Waals surface area contributed by atoms with E-state index in [2.05, 4.69) is 10.3 Å². The Labute approximate surface area is 170 Å². The normalized spacial score (nSPS) is 42.4. The van der Waals surface area contributed by atoms with E-state index in [0.29, 0.717) is 5.69 Å². The van der Waals surface area contributed by atoms with Crippen LogP contribution in [0, 0.1) is 0 Å². The van der Waals surface area contributed by atoms with Crippen molar-refractivity contribution < 1.29 is 55.1 Å². The van der Waals surface area contributed by atoms with Crippen LogP contribution in [0.5, 0.6) is 0 Å². The molecule has 3 rings (SSSR count). The molecule has 2 aliphatic rings. The number of hydrogen-bond acceptors (Lipinski definition) is 13. The van der Waals surface area contributed by atoms with Crippen molar-refractivity contribution in [2.45, 2.75) is 67.8 Å². The average molecular weight is 437 g/mol. The van der Waals surface area contributed by atoms with E-state index in [1.54, 1.807) is 0 Å². The highest BCUT2D eigenvalue weighted by atomic mass is 16.7. The monoisotopic (exact) mass is 437 g/mol. The molecule has 0 aromatic carbocycles. The molecule has 14 nitrogen and oxygen atoms in total. The number of aromatic nitrogens is 3. The molecule has 30 heavy (non-hydrogen) atoms. The molecule has 2 fully saturated rings. The lowest BCUT2D eigenvalue weighted by atomic mass is 9.98. The second-order valence-corrected chi connectivity index (χ2v) is 7.23. The molecule has 0 aliphatic carbocycles. The van der Waals surface area contributed by atoms with Gasteiger partial charge < -0.3 is 55.1 Å². The number of aliphatic hydroxyl groups excluding tert-OH is 8. The molecule has 0 amide bonds. The van der Waals surface area contributed by atoms with Gasteiger partial charge in [-0.1, -0.05) is 5.21 Å². The fourth-order valence-electron chi connectivity index (χ4n) is 3.34. The van der Waals surface area contributed by atoms with E-state index in [1.165, 1.54) is 6.20 Å². The lowest BCUT2D eigenvalue weighted by Gasteiger charge is -2.39. The number of rotatable bonds is 7. The van der Waals surface area contributed by atoms with Gasteiger partial charge in [-0.15, -0.1) is 5.10 Å². The van der Waals surface area contributed by atoms with Crippen LogP contribution in [0.15, 0.2) is 6.20 Å². The molecule has 0 saturated carbocycles. The fourth-order valence-corrected chi connectivity index (χ4v) is 3.34. The Balaban J connectivity index is 1.56. The summed E-state index contributed by atoms with van der Waals surface area (Å²) in [6, 6.07) is 0. The Bertz CT molecular complexity index is 675. The molecule has 10 atom stereocenters. The minimum Gasteiger partial charge on any atom is -0.394 e. The first-order valence-corrected chi connectivity index (χ1v) is 9.41. The Hall–Kier alpha value is -1.30. The standard InChI is InChI=1S/C16H27N3O11/c20-4-7-9(22)11(24)13(26)15(29-7)19-3-6(17-18-19)1-2-28-16-14(27)12(25)10(23)8(5-21)30-16/h3,7-16,20-27H,1-2,4-5H2/t7-,8-,9-,10-,11+,12+,13-,14+,15-,16+/m1/s1. The molecule has 0 spiro atoms. The van der Waals surface area contributed by atoms with Gasteiger partial charge in [0.25, 0.3) is 0 Å². The summed E-state index contributed by atoms with van der Waals surface area (Å²) in [5.41, 5.74) is 0.386. The topological polar surface area (TPSA) is 220 Å². The summed E-state index contributed by atoms with van der Waals surface area (Å²) in [5.74, 6) is 0. The maximum Gasteiger partial charge on any atom is 0.186 e. The van der Waals surface area contributed by atoms with Gasteiger partial charge in [0.05, 0.1) is 31.7 Å². The minimum atomic E-state index is -1.55. The van der Waals surface area contributed by atoms with Crippen molar-refractivity contribution in [1.82, 2.24) is 15.0 Å². The van der Waals surface area contributed by atoms with E-state index >= 15 is 0 Å². The molecular weight excluding hydrogens is 410 g/mol. The molecular formula is C16H27N3O11. The first kappa shape index (κ1) is 23.4. The first-order chi connectivity index (χ1) is 14.3. The van der Waals surface area contributed by atoms with Crippen LogP contribution in [-0.4, -0.2) is 131 Å². The van der Waals surface area contributed by atoms with E-state index < -0.39 is 74.6 Å². The van der Waals surface area contributed by atoms with Crippen molar-refractivity contribution in [3.8, 4) is 0 Å².